The summed E-state index contributed by atoms with van der Waals surface area (Å²) in [4.78, 5) is 29.4. The molecule has 0 spiro atoms. The lowest BCUT2D eigenvalue weighted by atomic mass is 9.93. The highest BCUT2D eigenvalue weighted by Gasteiger charge is 2.40. The number of piperidine rings is 2. The van der Waals surface area contributed by atoms with E-state index in [-0.39, 0.29) is 34.5 Å². The van der Waals surface area contributed by atoms with Crippen molar-refractivity contribution in [3.8, 4) is 11.1 Å². The van der Waals surface area contributed by atoms with Crippen molar-refractivity contribution in [1.29, 1.82) is 0 Å². The fourth-order valence-corrected chi connectivity index (χ4v) is 14.2. The standard InChI is InChI=1S/C39H41N3O4S.C24H24N2O4S/c43-39(44)41-26-24-37(28-36(41)21-12-25-40(29-31-13-4-1-5-14-31)30-32-15-6-2-7-16-32)42(35-19-8-3-9-20-35)47(45,46)38-23-22-33-17-10-11-18-34(33)27-38;27-24(28)25-17-15-22(16-18-25)26(21-9-5-2-6-10-21)31(29,30)23-13-11-20(12-14-23)19-7-3-1-4-8-19/h1-11,13-20,22-23,27,36-37H,12,21,24-26,28-30H2,(H,43,44);1-14,22H,15-18H2,(H,27,28)/t36?,37-;/m0./s1. The maximum atomic E-state index is 14.4. The van der Waals surface area contributed by atoms with Gasteiger partial charge in [-0.3, -0.25) is 13.5 Å². The van der Waals surface area contributed by atoms with Gasteiger partial charge in [-0.05, 0) is 127 Å². The molecule has 8 aromatic rings. The Kier molecular flexibility index (Phi) is 17.9. The first-order chi connectivity index (χ1) is 37.8. The number of hydrogen-bond donors (Lipinski definition) is 2. The first-order valence-corrected chi connectivity index (χ1v) is 29.3. The van der Waals surface area contributed by atoms with Crippen LogP contribution in [-0.4, -0.2) is 98.2 Å². The summed E-state index contributed by atoms with van der Waals surface area (Å²) in [6.07, 6.45) is 1.23. The Bertz CT molecular complexity index is 3410. The number of sulfonamides is 2. The van der Waals surface area contributed by atoms with Gasteiger partial charge in [-0.2, -0.15) is 0 Å². The number of rotatable bonds is 17. The fourth-order valence-electron chi connectivity index (χ4n) is 10.8. The monoisotopic (exact) mass is 1080 g/mol. The molecule has 2 saturated heterocycles. The fraction of sp³-hybridized carbons (Fsp3) is 0.238. The van der Waals surface area contributed by atoms with E-state index in [1.54, 1.807) is 40.7 Å². The van der Waals surface area contributed by atoms with Gasteiger partial charge in [0, 0.05) is 50.8 Å². The molecular weight excluding hydrogens is 1020 g/mol. The molecule has 0 aliphatic carbocycles. The molecule has 13 nitrogen and oxygen atoms in total. The maximum absolute atomic E-state index is 14.4. The molecule has 2 aliphatic rings. The van der Waals surface area contributed by atoms with Gasteiger partial charge in [0.1, 0.15) is 0 Å². The highest BCUT2D eigenvalue weighted by Crippen LogP contribution is 2.36. The zero-order valence-corrected chi connectivity index (χ0v) is 45.0. The van der Waals surface area contributed by atoms with Crippen LogP contribution >= 0.6 is 0 Å². The molecule has 0 saturated carbocycles. The molecule has 8 aromatic carbocycles. The molecule has 1 unspecified atom stereocenters. The minimum absolute atomic E-state index is 0.219. The number of nitrogens with zero attached hydrogens (tertiary/aromatic N) is 5. The second-order valence-corrected chi connectivity index (χ2v) is 23.4. The van der Waals surface area contributed by atoms with Crippen LogP contribution < -0.4 is 8.61 Å². The van der Waals surface area contributed by atoms with E-state index in [4.69, 9.17) is 0 Å². The zero-order chi connectivity index (χ0) is 54.5. The van der Waals surface area contributed by atoms with Crippen LogP contribution in [-0.2, 0) is 33.1 Å². The van der Waals surface area contributed by atoms with Crippen molar-refractivity contribution in [3.63, 3.8) is 0 Å². The highest BCUT2D eigenvalue weighted by atomic mass is 32.2. The predicted molar refractivity (Wildman–Crippen MR) is 308 cm³/mol. The smallest absolute Gasteiger partial charge is 0.407 e. The molecule has 2 heterocycles. The van der Waals surface area contributed by atoms with Crippen molar-refractivity contribution in [3.05, 3.63) is 230 Å². The van der Waals surface area contributed by atoms with Crippen molar-refractivity contribution in [2.75, 3.05) is 34.8 Å². The van der Waals surface area contributed by atoms with Gasteiger partial charge in [0.25, 0.3) is 20.0 Å². The second-order valence-electron chi connectivity index (χ2n) is 19.8. The third-order valence-corrected chi connectivity index (χ3v) is 18.4. The Labute approximate surface area is 458 Å². The van der Waals surface area contributed by atoms with Crippen molar-refractivity contribution in [2.24, 2.45) is 0 Å². The summed E-state index contributed by atoms with van der Waals surface area (Å²) in [6.45, 7) is 3.27. The minimum Gasteiger partial charge on any atom is -0.465 e. The third kappa shape index (κ3) is 13.4. The molecule has 10 rings (SSSR count). The van der Waals surface area contributed by atoms with Gasteiger partial charge in [-0.15, -0.1) is 0 Å². The van der Waals surface area contributed by atoms with Crippen LogP contribution in [0.4, 0.5) is 21.0 Å². The van der Waals surface area contributed by atoms with Gasteiger partial charge in [-0.1, -0.05) is 170 Å². The summed E-state index contributed by atoms with van der Waals surface area (Å²) >= 11 is 0. The Morgan fingerprint density at radius 2 is 0.923 bits per heavy atom. The molecule has 402 valence electrons. The maximum Gasteiger partial charge on any atom is 0.407 e. The minimum atomic E-state index is -3.95. The lowest BCUT2D eigenvalue weighted by Gasteiger charge is -2.43. The number of amides is 2. The van der Waals surface area contributed by atoms with Gasteiger partial charge >= 0.3 is 12.2 Å². The van der Waals surface area contributed by atoms with E-state index in [9.17, 15) is 36.6 Å². The van der Waals surface area contributed by atoms with Crippen LogP contribution in [0, 0.1) is 0 Å². The van der Waals surface area contributed by atoms with Crippen LogP contribution in [0.5, 0.6) is 0 Å². The van der Waals surface area contributed by atoms with E-state index < -0.39 is 32.2 Å². The molecule has 2 amide bonds. The number of hydrogen-bond acceptors (Lipinski definition) is 7. The number of fused-ring (bicyclic) bond motifs is 1. The highest BCUT2D eigenvalue weighted by molar-refractivity contribution is 7.93. The number of anilines is 2. The Morgan fingerprint density at radius 1 is 0.474 bits per heavy atom. The molecule has 15 heteroatoms. The molecule has 2 N–H and O–H groups in total. The summed E-state index contributed by atoms with van der Waals surface area (Å²) in [5.41, 5.74) is 5.60. The van der Waals surface area contributed by atoms with Gasteiger partial charge in [0.2, 0.25) is 0 Å². The largest absolute Gasteiger partial charge is 0.465 e. The van der Waals surface area contributed by atoms with E-state index in [1.807, 2.05) is 158 Å². The quantitative estimate of drug-likeness (QED) is 0.0905. The average molecular weight is 1080 g/mol. The van der Waals surface area contributed by atoms with Crippen molar-refractivity contribution in [2.45, 2.75) is 79.5 Å². The average Bonchev–Trinajstić information content (AvgIpc) is 3.57. The van der Waals surface area contributed by atoms with E-state index in [2.05, 4.69) is 29.2 Å². The van der Waals surface area contributed by atoms with Gasteiger partial charge in [0.15, 0.2) is 0 Å². The summed E-state index contributed by atoms with van der Waals surface area (Å²) < 4.78 is 59.3. The van der Waals surface area contributed by atoms with Gasteiger partial charge < -0.3 is 20.0 Å². The SMILES string of the molecule is O=C(O)N1CCC(N(c2ccccc2)S(=O)(=O)c2ccc(-c3ccccc3)cc2)CC1.O=C(O)N1CC[C@H](N(c2ccccc2)S(=O)(=O)c2ccc3ccccc3c2)CC1CCCN(Cc1ccccc1)Cc1ccccc1. The topological polar surface area (TPSA) is 159 Å². The molecule has 0 aromatic heterocycles. The normalized spacial score (nSPS) is 16.0. The van der Waals surface area contributed by atoms with E-state index in [0.717, 1.165) is 48.0 Å². The zero-order valence-electron chi connectivity index (χ0n) is 43.4. The first-order valence-electron chi connectivity index (χ1n) is 26.5. The summed E-state index contributed by atoms with van der Waals surface area (Å²) in [5, 5.41) is 21.2. The first kappa shape index (κ1) is 54.8. The van der Waals surface area contributed by atoms with Crippen molar-refractivity contribution in [1.82, 2.24) is 14.7 Å². The van der Waals surface area contributed by atoms with Gasteiger partial charge in [-0.25, -0.2) is 26.4 Å². The summed E-state index contributed by atoms with van der Waals surface area (Å²) in [6, 6.07) is 67.6. The number of carboxylic acid groups (broad SMARTS) is 2. The number of benzene rings is 8. The lowest BCUT2D eigenvalue weighted by molar-refractivity contribution is 0.0957. The van der Waals surface area contributed by atoms with Crippen LogP contribution in [0.15, 0.2) is 228 Å². The predicted octanol–water partition coefficient (Wildman–Crippen LogP) is 12.7. The van der Waals surface area contributed by atoms with E-state index in [1.165, 1.54) is 25.2 Å². The van der Waals surface area contributed by atoms with E-state index >= 15 is 0 Å². The molecule has 2 fully saturated rings. The van der Waals surface area contributed by atoms with Crippen molar-refractivity contribution < 1.29 is 36.6 Å². The Hall–Kier alpha value is -7.98. The molecule has 0 radical (unpaired) electrons. The lowest BCUT2D eigenvalue weighted by Crippen LogP contribution is -2.53. The van der Waals surface area contributed by atoms with Gasteiger partial charge in [0.05, 0.1) is 21.2 Å². The van der Waals surface area contributed by atoms with E-state index in [0.29, 0.717) is 56.6 Å². The third-order valence-electron chi connectivity index (χ3n) is 14.7. The number of para-hydroxylation sites is 2. The molecule has 2 atom stereocenters. The summed E-state index contributed by atoms with van der Waals surface area (Å²) in [7, 11) is -7.77. The van der Waals surface area contributed by atoms with Crippen LogP contribution in [0.3, 0.4) is 0 Å². The molecule has 2 aliphatic heterocycles. The summed E-state index contributed by atoms with van der Waals surface area (Å²) in [5.74, 6) is 0. The van der Waals surface area contributed by atoms with Crippen LogP contribution in [0.2, 0.25) is 0 Å². The van der Waals surface area contributed by atoms with Crippen LogP contribution in [0.1, 0.15) is 49.7 Å². The molecule has 78 heavy (non-hydrogen) atoms. The second kappa shape index (κ2) is 25.4. The Balaban J connectivity index is 0.000000206. The molecular formula is C63H65N5O8S2. The van der Waals surface area contributed by atoms with Crippen LogP contribution in [0.25, 0.3) is 21.9 Å². The number of carbonyl (C=O) groups is 2. The Morgan fingerprint density at radius 3 is 1.46 bits per heavy atom. The number of likely N-dealkylation sites (tertiary alicyclic amines) is 2. The van der Waals surface area contributed by atoms with Crippen molar-refractivity contribution >= 4 is 54.4 Å². The molecule has 0 bridgehead atoms.